The summed E-state index contributed by atoms with van der Waals surface area (Å²) in [4.78, 5) is 13.7. The van der Waals surface area contributed by atoms with E-state index in [1.165, 1.54) is 49.4 Å². The van der Waals surface area contributed by atoms with Crippen molar-refractivity contribution in [1.29, 1.82) is 0 Å². The molecule has 3 heterocycles. The molecule has 0 unspecified atom stereocenters. The van der Waals surface area contributed by atoms with E-state index in [0.29, 0.717) is 0 Å². The Morgan fingerprint density at radius 3 is 1.24 bits per heavy atom. The lowest BCUT2D eigenvalue weighted by atomic mass is 9.85. The van der Waals surface area contributed by atoms with Gasteiger partial charge >= 0.3 is 0 Å². The van der Waals surface area contributed by atoms with Crippen LogP contribution >= 0.6 is 0 Å². The third-order valence-corrected chi connectivity index (χ3v) is 9.44. The number of hydrogen-bond acceptors (Lipinski definition) is 3. The van der Waals surface area contributed by atoms with Gasteiger partial charge in [0, 0.05) is 35.9 Å². The third kappa shape index (κ3) is 5.41. The van der Waals surface area contributed by atoms with Crippen LogP contribution in [0.2, 0.25) is 0 Å². The summed E-state index contributed by atoms with van der Waals surface area (Å²) in [7, 11) is 0. The van der Waals surface area contributed by atoms with Gasteiger partial charge < -0.3 is 0 Å². The first kappa shape index (κ1) is 29.4. The third-order valence-electron chi connectivity index (χ3n) is 9.44. The molecular formula is C47H31N3. The summed E-state index contributed by atoms with van der Waals surface area (Å²) < 4.78 is 0. The molecule has 0 amide bonds. The molecule has 3 heteroatoms. The maximum atomic E-state index is 5.00. The van der Waals surface area contributed by atoms with Crippen molar-refractivity contribution in [2.45, 2.75) is 0 Å². The van der Waals surface area contributed by atoms with Crippen molar-refractivity contribution in [3.8, 4) is 67.0 Å². The van der Waals surface area contributed by atoms with Crippen LogP contribution in [0, 0.1) is 0 Å². The van der Waals surface area contributed by atoms with Gasteiger partial charge in [-0.3, -0.25) is 9.97 Å². The Kier molecular flexibility index (Phi) is 7.49. The van der Waals surface area contributed by atoms with Gasteiger partial charge in [0.2, 0.25) is 0 Å². The molecule has 6 aromatic carbocycles. The van der Waals surface area contributed by atoms with Crippen LogP contribution in [0.4, 0.5) is 0 Å². The molecule has 9 aromatic rings. The van der Waals surface area contributed by atoms with Crippen molar-refractivity contribution in [2.75, 3.05) is 0 Å². The highest BCUT2D eigenvalue weighted by Crippen LogP contribution is 2.45. The highest BCUT2D eigenvalue weighted by molar-refractivity contribution is 6.21. The van der Waals surface area contributed by atoms with E-state index in [0.717, 1.165) is 39.2 Å². The fraction of sp³-hybridized carbons (Fsp3) is 0. The van der Waals surface area contributed by atoms with E-state index in [-0.39, 0.29) is 0 Å². The molecule has 0 spiro atoms. The molecule has 0 aliphatic heterocycles. The number of hydrogen-bond donors (Lipinski definition) is 0. The number of rotatable bonds is 6. The largest absolute Gasteiger partial charge is 0.264 e. The maximum absolute atomic E-state index is 5.00. The average molecular weight is 638 g/mol. The Morgan fingerprint density at radius 1 is 0.280 bits per heavy atom. The zero-order chi connectivity index (χ0) is 33.3. The summed E-state index contributed by atoms with van der Waals surface area (Å²) in [6.07, 6.45) is 7.29. The lowest BCUT2D eigenvalue weighted by Crippen LogP contribution is -1.92. The lowest BCUT2D eigenvalue weighted by Gasteiger charge is -2.18. The summed E-state index contributed by atoms with van der Waals surface area (Å²) >= 11 is 0. The summed E-state index contributed by atoms with van der Waals surface area (Å²) in [5, 5.41) is 5.00. The first-order chi connectivity index (χ1) is 24.8. The van der Waals surface area contributed by atoms with Gasteiger partial charge in [-0.1, -0.05) is 121 Å². The predicted molar refractivity (Wildman–Crippen MR) is 207 cm³/mol. The van der Waals surface area contributed by atoms with E-state index >= 15 is 0 Å². The second-order valence-electron chi connectivity index (χ2n) is 12.5. The molecule has 0 radical (unpaired) electrons. The SMILES string of the molecule is c1ccc(-c2c3ccccc3c(-c3ccccc3)c3cc(-c4ccc(-c5cc(-c6cccnc6)nc(-c6cccnc6)c5)cc4)ccc23)cc1. The number of fused-ring (bicyclic) bond motifs is 2. The van der Waals surface area contributed by atoms with Gasteiger partial charge in [0.1, 0.15) is 0 Å². The molecule has 0 saturated heterocycles. The van der Waals surface area contributed by atoms with Crippen molar-refractivity contribution >= 4 is 21.5 Å². The monoisotopic (exact) mass is 637 g/mol. The van der Waals surface area contributed by atoms with E-state index < -0.39 is 0 Å². The van der Waals surface area contributed by atoms with Crippen molar-refractivity contribution in [1.82, 2.24) is 15.0 Å². The van der Waals surface area contributed by atoms with Crippen LogP contribution in [-0.2, 0) is 0 Å². The van der Waals surface area contributed by atoms with Gasteiger partial charge in [0.05, 0.1) is 11.4 Å². The van der Waals surface area contributed by atoms with Crippen LogP contribution < -0.4 is 0 Å². The minimum absolute atomic E-state index is 0.878. The van der Waals surface area contributed by atoms with E-state index in [2.05, 4.69) is 149 Å². The molecule has 234 valence electrons. The Balaban J connectivity index is 1.19. The normalized spacial score (nSPS) is 11.2. The molecule has 3 nitrogen and oxygen atoms in total. The Bertz CT molecular complexity index is 2540. The molecule has 9 rings (SSSR count). The van der Waals surface area contributed by atoms with Gasteiger partial charge in [-0.25, -0.2) is 4.98 Å². The van der Waals surface area contributed by atoms with E-state index in [1.807, 2.05) is 36.7 Å². The van der Waals surface area contributed by atoms with Gasteiger partial charge in [0.15, 0.2) is 0 Å². The summed E-state index contributed by atoms with van der Waals surface area (Å²) in [5.41, 5.74) is 13.2. The molecule has 3 aromatic heterocycles. The van der Waals surface area contributed by atoms with Crippen molar-refractivity contribution < 1.29 is 0 Å². The highest BCUT2D eigenvalue weighted by Gasteiger charge is 2.17. The highest BCUT2D eigenvalue weighted by atomic mass is 14.7. The average Bonchev–Trinajstić information content (AvgIpc) is 3.21. The van der Waals surface area contributed by atoms with Gasteiger partial charge in [0.25, 0.3) is 0 Å². The van der Waals surface area contributed by atoms with E-state index in [9.17, 15) is 0 Å². The number of pyridine rings is 3. The molecule has 0 saturated carbocycles. The Hall–Kier alpha value is -6.71. The summed E-state index contributed by atoms with van der Waals surface area (Å²) in [6, 6.07) is 58.5. The maximum Gasteiger partial charge on any atom is 0.0731 e. The summed E-state index contributed by atoms with van der Waals surface area (Å²) in [6.45, 7) is 0. The predicted octanol–water partition coefficient (Wildman–Crippen LogP) is 12.2. The Labute approximate surface area is 291 Å². The second-order valence-corrected chi connectivity index (χ2v) is 12.5. The van der Waals surface area contributed by atoms with E-state index in [4.69, 9.17) is 4.98 Å². The fourth-order valence-corrected chi connectivity index (χ4v) is 7.07. The van der Waals surface area contributed by atoms with Crippen LogP contribution in [0.3, 0.4) is 0 Å². The second kappa shape index (κ2) is 12.7. The molecule has 0 fully saturated rings. The molecule has 0 atom stereocenters. The first-order valence-electron chi connectivity index (χ1n) is 16.8. The molecule has 0 bridgehead atoms. The fourth-order valence-electron chi connectivity index (χ4n) is 7.07. The quantitative estimate of drug-likeness (QED) is 0.170. The molecule has 0 aliphatic rings. The molecule has 0 aliphatic carbocycles. The van der Waals surface area contributed by atoms with Gasteiger partial charge in [-0.05, 0) is 109 Å². The standard InChI is InChI=1S/C47H31N3/c1-3-11-34(12-4-1)46-40-17-7-8-18-41(40)47(35-13-5-2-6-14-35)43-27-36(23-24-42(43)46)32-19-21-33(22-20-32)39-28-44(37-15-9-25-48-30-37)50-45(29-39)38-16-10-26-49-31-38/h1-31H. The number of benzene rings is 6. The van der Waals surface area contributed by atoms with Crippen LogP contribution in [0.5, 0.6) is 0 Å². The topological polar surface area (TPSA) is 38.7 Å². The number of aromatic nitrogens is 3. The minimum Gasteiger partial charge on any atom is -0.264 e. The molecular weight excluding hydrogens is 607 g/mol. The van der Waals surface area contributed by atoms with Crippen LogP contribution in [0.1, 0.15) is 0 Å². The van der Waals surface area contributed by atoms with E-state index in [1.54, 1.807) is 12.4 Å². The smallest absolute Gasteiger partial charge is 0.0731 e. The van der Waals surface area contributed by atoms with Gasteiger partial charge in [-0.2, -0.15) is 0 Å². The molecule has 50 heavy (non-hydrogen) atoms. The first-order valence-corrected chi connectivity index (χ1v) is 16.8. The van der Waals surface area contributed by atoms with Crippen LogP contribution in [-0.4, -0.2) is 15.0 Å². The lowest BCUT2D eigenvalue weighted by molar-refractivity contribution is 1.26. The molecule has 0 N–H and O–H groups in total. The van der Waals surface area contributed by atoms with Crippen molar-refractivity contribution in [3.05, 3.63) is 189 Å². The summed E-state index contributed by atoms with van der Waals surface area (Å²) in [5.74, 6) is 0. The van der Waals surface area contributed by atoms with Crippen LogP contribution in [0.15, 0.2) is 189 Å². The zero-order valence-corrected chi connectivity index (χ0v) is 27.2. The minimum atomic E-state index is 0.878. The van der Waals surface area contributed by atoms with Crippen LogP contribution in [0.25, 0.3) is 88.6 Å². The van der Waals surface area contributed by atoms with Crippen molar-refractivity contribution in [2.24, 2.45) is 0 Å². The number of nitrogens with zero attached hydrogens (tertiary/aromatic N) is 3. The Morgan fingerprint density at radius 2 is 0.720 bits per heavy atom. The zero-order valence-electron chi connectivity index (χ0n) is 27.2. The van der Waals surface area contributed by atoms with Gasteiger partial charge in [-0.15, -0.1) is 0 Å². The van der Waals surface area contributed by atoms with Crippen molar-refractivity contribution in [3.63, 3.8) is 0 Å².